The SMILES string of the molecule is COC(=O)C(C)(C)C(C)/C=N/N1CCC[C@H]1C(C)(C)OC. The third kappa shape index (κ3) is 3.96. The van der Waals surface area contributed by atoms with Crippen LogP contribution in [-0.4, -0.2) is 49.6 Å². The first kappa shape index (κ1) is 18.0. The Bertz CT molecular complexity index is 391. The van der Waals surface area contributed by atoms with Gasteiger partial charge in [-0.05, 0) is 40.5 Å². The topological polar surface area (TPSA) is 51.1 Å². The van der Waals surface area contributed by atoms with Gasteiger partial charge in [0.1, 0.15) is 0 Å². The lowest BCUT2D eigenvalue weighted by Crippen LogP contribution is -2.45. The van der Waals surface area contributed by atoms with Crippen LogP contribution in [0.4, 0.5) is 0 Å². The van der Waals surface area contributed by atoms with Gasteiger partial charge in [0.2, 0.25) is 0 Å². The van der Waals surface area contributed by atoms with E-state index < -0.39 is 5.41 Å². The van der Waals surface area contributed by atoms with Gasteiger partial charge in [-0.2, -0.15) is 5.10 Å². The smallest absolute Gasteiger partial charge is 0.311 e. The van der Waals surface area contributed by atoms with Gasteiger partial charge in [-0.3, -0.25) is 9.80 Å². The molecule has 1 fully saturated rings. The highest BCUT2D eigenvalue weighted by molar-refractivity contribution is 5.80. The minimum absolute atomic E-state index is 0.00291. The molecule has 0 N–H and O–H groups in total. The molecule has 0 spiro atoms. The van der Waals surface area contributed by atoms with Crippen LogP contribution >= 0.6 is 0 Å². The van der Waals surface area contributed by atoms with Gasteiger partial charge in [0.05, 0.1) is 24.2 Å². The molecule has 0 aromatic heterocycles. The lowest BCUT2D eigenvalue weighted by Gasteiger charge is -2.35. The van der Waals surface area contributed by atoms with E-state index in [2.05, 4.69) is 24.0 Å². The number of hydrazone groups is 1. The van der Waals surface area contributed by atoms with Gasteiger partial charge in [-0.15, -0.1) is 0 Å². The van der Waals surface area contributed by atoms with Crippen molar-refractivity contribution in [3.8, 4) is 0 Å². The molecule has 1 heterocycles. The molecule has 0 radical (unpaired) electrons. The van der Waals surface area contributed by atoms with E-state index in [-0.39, 0.29) is 23.5 Å². The fourth-order valence-corrected chi connectivity index (χ4v) is 2.55. The van der Waals surface area contributed by atoms with Crippen LogP contribution < -0.4 is 0 Å². The molecule has 5 heteroatoms. The highest BCUT2D eigenvalue weighted by atomic mass is 16.5. The lowest BCUT2D eigenvalue weighted by atomic mass is 9.81. The van der Waals surface area contributed by atoms with Crippen molar-refractivity contribution in [1.29, 1.82) is 0 Å². The molecule has 1 aliphatic heterocycles. The average Bonchev–Trinajstić information content (AvgIpc) is 2.92. The minimum Gasteiger partial charge on any atom is -0.469 e. The summed E-state index contributed by atoms with van der Waals surface area (Å²) in [6, 6.07) is 0.271. The Kier molecular flexibility index (Phi) is 5.79. The first-order chi connectivity index (χ1) is 9.66. The molecule has 0 bridgehead atoms. The van der Waals surface area contributed by atoms with Gasteiger partial charge in [-0.1, -0.05) is 6.92 Å². The van der Waals surface area contributed by atoms with Crippen LogP contribution in [0, 0.1) is 11.3 Å². The summed E-state index contributed by atoms with van der Waals surface area (Å²) < 4.78 is 10.5. The minimum atomic E-state index is -0.579. The Morgan fingerprint density at radius 1 is 1.33 bits per heavy atom. The Morgan fingerprint density at radius 3 is 2.48 bits per heavy atom. The summed E-state index contributed by atoms with van der Waals surface area (Å²) in [5.74, 6) is -0.214. The van der Waals surface area contributed by atoms with E-state index in [0.717, 1.165) is 19.4 Å². The summed E-state index contributed by atoms with van der Waals surface area (Å²) in [7, 11) is 3.16. The maximum atomic E-state index is 11.8. The van der Waals surface area contributed by atoms with Crippen LogP contribution in [0.25, 0.3) is 0 Å². The second-order valence-electron chi connectivity index (χ2n) is 6.90. The van der Waals surface area contributed by atoms with E-state index in [4.69, 9.17) is 9.47 Å². The third-order valence-electron chi connectivity index (χ3n) is 4.84. The monoisotopic (exact) mass is 298 g/mol. The summed E-state index contributed by atoms with van der Waals surface area (Å²) in [6.07, 6.45) is 4.05. The fourth-order valence-electron chi connectivity index (χ4n) is 2.55. The van der Waals surface area contributed by atoms with Gasteiger partial charge in [-0.25, -0.2) is 0 Å². The van der Waals surface area contributed by atoms with Gasteiger partial charge < -0.3 is 9.47 Å². The summed E-state index contributed by atoms with van der Waals surface area (Å²) in [5.41, 5.74) is -0.806. The van der Waals surface area contributed by atoms with Crippen molar-refractivity contribution in [3.63, 3.8) is 0 Å². The normalized spacial score (nSPS) is 21.9. The van der Waals surface area contributed by atoms with Crippen molar-refractivity contribution in [3.05, 3.63) is 0 Å². The van der Waals surface area contributed by atoms with Gasteiger partial charge >= 0.3 is 5.97 Å². The molecule has 1 saturated heterocycles. The second kappa shape index (κ2) is 6.77. The van der Waals surface area contributed by atoms with Crippen molar-refractivity contribution in [1.82, 2.24) is 5.01 Å². The molecule has 2 atom stereocenters. The van der Waals surface area contributed by atoms with Crippen LogP contribution in [0.5, 0.6) is 0 Å². The molecular formula is C16H30N2O3. The van der Waals surface area contributed by atoms with Crippen molar-refractivity contribution in [2.45, 2.75) is 59.1 Å². The number of carbonyl (C=O) groups excluding carboxylic acids is 1. The molecule has 0 saturated carbocycles. The zero-order valence-corrected chi connectivity index (χ0v) is 14.5. The first-order valence-electron chi connectivity index (χ1n) is 7.61. The molecule has 0 aromatic carbocycles. The number of nitrogens with zero attached hydrogens (tertiary/aromatic N) is 2. The molecule has 21 heavy (non-hydrogen) atoms. The predicted molar refractivity (Wildman–Crippen MR) is 84.3 cm³/mol. The van der Waals surface area contributed by atoms with E-state index in [1.807, 2.05) is 27.0 Å². The third-order valence-corrected chi connectivity index (χ3v) is 4.84. The average molecular weight is 298 g/mol. The Balaban J connectivity index is 2.78. The summed E-state index contributed by atoms with van der Waals surface area (Å²) in [5, 5.41) is 6.71. The van der Waals surface area contributed by atoms with E-state index in [0.29, 0.717) is 0 Å². The highest BCUT2D eigenvalue weighted by Gasteiger charge is 2.38. The van der Waals surface area contributed by atoms with Crippen LogP contribution in [-0.2, 0) is 14.3 Å². The zero-order valence-electron chi connectivity index (χ0n) is 14.5. The van der Waals surface area contributed by atoms with E-state index in [9.17, 15) is 4.79 Å². The number of esters is 1. The molecule has 1 aliphatic rings. The molecule has 5 nitrogen and oxygen atoms in total. The number of hydrogen-bond acceptors (Lipinski definition) is 5. The number of methoxy groups -OCH3 is 2. The molecule has 1 rings (SSSR count). The van der Waals surface area contributed by atoms with Crippen molar-refractivity contribution in [2.24, 2.45) is 16.4 Å². The number of hydrogen-bond donors (Lipinski definition) is 0. The second-order valence-corrected chi connectivity index (χ2v) is 6.90. The lowest BCUT2D eigenvalue weighted by molar-refractivity contribution is -0.152. The Labute approximate surface area is 128 Å². The van der Waals surface area contributed by atoms with Crippen LogP contribution in [0.3, 0.4) is 0 Å². The molecule has 0 amide bonds. The van der Waals surface area contributed by atoms with Crippen LogP contribution in [0.1, 0.15) is 47.5 Å². The van der Waals surface area contributed by atoms with E-state index in [1.165, 1.54) is 7.11 Å². The summed E-state index contributed by atoms with van der Waals surface area (Å²) >= 11 is 0. The highest BCUT2D eigenvalue weighted by Crippen LogP contribution is 2.30. The first-order valence-corrected chi connectivity index (χ1v) is 7.61. The van der Waals surface area contributed by atoms with Gasteiger partial charge in [0.25, 0.3) is 0 Å². The Morgan fingerprint density at radius 2 is 1.95 bits per heavy atom. The van der Waals surface area contributed by atoms with E-state index in [1.54, 1.807) is 7.11 Å². The molecule has 0 aliphatic carbocycles. The maximum Gasteiger partial charge on any atom is 0.311 e. The van der Waals surface area contributed by atoms with Crippen LogP contribution in [0.2, 0.25) is 0 Å². The van der Waals surface area contributed by atoms with Gasteiger partial charge in [0.15, 0.2) is 0 Å². The standard InChI is InChI=1S/C16H30N2O3/c1-12(15(2,3)14(19)20-6)11-17-18-10-8-9-13(18)16(4,5)21-7/h11-13H,8-10H2,1-7H3/b17-11+/t12?,13-/m0/s1. The molecular weight excluding hydrogens is 268 g/mol. The van der Waals surface area contributed by atoms with Crippen LogP contribution in [0.15, 0.2) is 5.10 Å². The maximum absolute atomic E-state index is 11.8. The Hall–Kier alpha value is -1.10. The zero-order chi connectivity index (χ0) is 16.3. The molecule has 1 unspecified atom stereocenters. The quantitative estimate of drug-likeness (QED) is 0.559. The number of carbonyl (C=O) groups is 1. The fraction of sp³-hybridized carbons (Fsp3) is 0.875. The summed E-state index contributed by atoms with van der Waals surface area (Å²) in [4.78, 5) is 11.8. The number of rotatable bonds is 6. The van der Waals surface area contributed by atoms with Crippen molar-refractivity contribution < 1.29 is 14.3 Å². The van der Waals surface area contributed by atoms with E-state index >= 15 is 0 Å². The van der Waals surface area contributed by atoms with Crippen molar-refractivity contribution in [2.75, 3.05) is 20.8 Å². The largest absolute Gasteiger partial charge is 0.469 e. The molecule has 0 aromatic rings. The molecule has 122 valence electrons. The number of ether oxygens (including phenoxy) is 2. The van der Waals surface area contributed by atoms with Gasteiger partial charge in [0, 0.05) is 25.8 Å². The predicted octanol–water partition coefficient (Wildman–Crippen LogP) is 2.70. The van der Waals surface area contributed by atoms with Crippen molar-refractivity contribution >= 4 is 12.2 Å². The summed E-state index contributed by atoms with van der Waals surface area (Å²) in [6.45, 7) is 10.9.